The van der Waals surface area contributed by atoms with Crippen LogP contribution in [0.1, 0.15) is 26.7 Å². The summed E-state index contributed by atoms with van der Waals surface area (Å²) in [5, 5.41) is 0. The molecule has 0 aromatic carbocycles. The van der Waals surface area contributed by atoms with Crippen molar-refractivity contribution in [3.05, 3.63) is 0 Å². The molecule has 0 fully saturated rings. The zero-order chi connectivity index (χ0) is 9.94. The lowest BCUT2D eigenvalue weighted by Gasteiger charge is -2.05. The second kappa shape index (κ2) is 10.4. The largest absolute Gasteiger partial charge is 0.381 e. The molecule has 0 aliphatic carbocycles. The first-order chi connectivity index (χ1) is 6.27. The maximum absolute atomic E-state index is 5.47. The van der Waals surface area contributed by atoms with Gasteiger partial charge in [-0.2, -0.15) is 11.8 Å². The molecule has 13 heavy (non-hydrogen) atoms. The molecule has 0 heterocycles. The third-order valence-corrected chi connectivity index (χ3v) is 2.74. The Balaban J connectivity index is 2.84. The van der Waals surface area contributed by atoms with Gasteiger partial charge in [0.2, 0.25) is 0 Å². The molecule has 2 N–H and O–H groups in total. The van der Waals surface area contributed by atoms with Gasteiger partial charge in [-0.1, -0.05) is 13.8 Å². The number of nitrogens with two attached hydrogens (primary N) is 1. The Bertz CT molecular complexity index is 98.9. The second-order valence-electron chi connectivity index (χ2n) is 3.55. The van der Waals surface area contributed by atoms with Crippen molar-refractivity contribution in [3.63, 3.8) is 0 Å². The highest BCUT2D eigenvalue weighted by Gasteiger charge is 1.94. The van der Waals surface area contributed by atoms with Crippen LogP contribution in [0.15, 0.2) is 0 Å². The molecule has 0 amide bonds. The van der Waals surface area contributed by atoms with Crippen LogP contribution in [0.25, 0.3) is 0 Å². The van der Waals surface area contributed by atoms with Gasteiger partial charge in [0, 0.05) is 12.4 Å². The number of hydrogen-bond donors (Lipinski definition) is 1. The fourth-order valence-corrected chi connectivity index (χ4v) is 1.64. The predicted octanol–water partition coefficient (Wildman–Crippen LogP) is 2.13. The fraction of sp³-hybridized carbons (Fsp3) is 1.00. The average molecular weight is 205 g/mol. The molecule has 0 unspecified atom stereocenters. The first-order valence-corrected chi connectivity index (χ1v) is 6.28. The van der Waals surface area contributed by atoms with Gasteiger partial charge in [0.25, 0.3) is 0 Å². The van der Waals surface area contributed by atoms with E-state index in [1.165, 1.54) is 12.2 Å². The van der Waals surface area contributed by atoms with E-state index < -0.39 is 0 Å². The zero-order valence-electron chi connectivity index (χ0n) is 8.92. The number of ether oxygens (including phenoxy) is 1. The standard InChI is InChI=1S/C10H23NOS/c1-10(2)4-6-12-7-9-13-8-3-5-11/h10H,3-9,11H2,1-2H3. The lowest BCUT2D eigenvalue weighted by Crippen LogP contribution is -2.04. The molecule has 0 aromatic heterocycles. The smallest absolute Gasteiger partial charge is 0.0556 e. The van der Waals surface area contributed by atoms with Crippen molar-refractivity contribution in [1.29, 1.82) is 0 Å². The van der Waals surface area contributed by atoms with Gasteiger partial charge in [0.15, 0.2) is 0 Å². The Labute approximate surface area is 86.6 Å². The van der Waals surface area contributed by atoms with E-state index in [0.29, 0.717) is 0 Å². The number of hydrogen-bond acceptors (Lipinski definition) is 3. The van der Waals surface area contributed by atoms with Crippen molar-refractivity contribution in [2.24, 2.45) is 11.7 Å². The molecule has 0 aromatic rings. The summed E-state index contributed by atoms with van der Waals surface area (Å²) in [5.74, 6) is 3.03. The van der Waals surface area contributed by atoms with Gasteiger partial charge < -0.3 is 10.5 Å². The molecule has 0 spiro atoms. The Morgan fingerprint density at radius 2 is 2.00 bits per heavy atom. The predicted molar refractivity (Wildman–Crippen MR) is 61.3 cm³/mol. The third-order valence-electron chi connectivity index (χ3n) is 1.70. The van der Waals surface area contributed by atoms with Crippen LogP contribution in [0, 0.1) is 5.92 Å². The van der Waals surface area contributed by atoms with E-state index in [9.17, 15) is 0 Å². The monoisotopic (exact) mass is 205 g/mol. The van der Waals surface area contributed by atoms with Gasteiger partial charge in [0.05, 0.1) is 6.61 Å². The quantitative estimate of drug-likeness (QED) is 0.586. The highest BCUT2D eigenvalue weighted by Crippen LogP contribution is 2.02. The van der Waals surface area contributed by atoms with Crippen LogP contribution >= 0.6 is 11.8 Å². The zero-order valence-corrected chi connectivity index (χ0v) is 9.74. The molecule has 0 rings (SSSR count). The minimum atomic E-state index is 0.755. The fourth-order valence-electron chi connectivity index (χ4n) is 0.826. The van der Waals surface area contributed by atoms with Crippen molar-refractivity contribution in [2.45, 2.75) is 26.7 Å². The SMILES string of the molecule is CC(C)CCOCCSCCCN. The van der Waals surface area contributed by atoms with Crippen molar-refractivity contribution >= 4 is 11.8 Å². The van der Waals surface area contributed by atoms with Crippen LogP contribution in [-0.2, 0) is 4.74 Å². The second-order valence-corrected chi connectivity index (χ2v) is 4.77. The van der Waals surface area contributed by atoms with Crippen molar-refractivity contribution < 1.29 is 4.74 Å². The molecule has 0 aliphatic heterocycles. The minimum Gasteiger partial charge on any atom is -0.381 e. The highest BCUT2D eigenvalue weighted by atomic mass is 32.2. The molecule has 0 aliphatic rings. The first kappa shape index (κ1) is 13.3. The molecule has 0 saturated carbocycles. The summed E-state index contributed by atoms with van der Waals surface area (Å²) < 4.78 is 5.47. The van der Waals surface area contributed by atoms with Crippen molar-refractivity contribution in [2.75, 3.05) is 31.3 Å². The summed E-state index contributed by atoms with van der Waals surface area (Å²) in [5.41, 5.74) is 5.38. The lowest BCUT2D eigenvalue weighted by atomic mass is 10.1. The Morgan fingerprint density at radius 1 is 1.23 bits per heavy atom. The summed E-state index contributed by atoms with van der Waals surface area (Å²) in [6.07, 6.45) is 2.30. The van der Waals surface area contributed by atoms with Gasteiger partial charge in [0.1, 0.15) is 0 Å². The van der Waals surface area contributed by atoms with E-state index in [1.807, 2.05) is 11.8 Å². The Hall–Kier alpha value is 0.270. The van der Waals surface area contributed by atoms with Crippen molar-refractivity contribution in [1.82, 2.24) is 0 Å². The first-order valence-electron chi connectivity index (χ1n) is 5.13. The van der Waals surface area contributed by atoms with E-state index in [-0.39, 0.29) is 0 Å². The van der Waals surface area contributed by atoms with Gasteiger partial charge in [-0.3, -0.25) is 0 Å². The van der Waals surface area contributed by atoms with Crippen LogP contribution in [0.2, 0.25) is 0 Å². The van der Waals surface area contributed by atoms with E-state index >= 15 is 0 Å². The summed E-state index contributed by atoms with van der Waals surface area (Å²) in [7, 11) is 0. The Kier molecular flexibility index (Phi) is 10.6. The molecule has 3 heteroatoms. The maximum Gasteiger partial charge on any atom is 0.0556 e. The normalized spacial score (nSPS) is 11.1. The molecular formula is C10H23NOS. The van der Waals surface area contributed by atoms with Crippen LogP contribution < -0.4 is 5.73 Å². The average Bonchev–Trinajstić information content (AvgIpc) is 2.09. The van der Waals surface area contributed by atoms with Crippen LogP contribution in [0.3, 0.4) is 0 Å². The molecule has 0 atom stereocenters. The lowest BCUT2D eigenvalue weighted by molar-refractivity contribution is 0.138. The van der Waals surface area contributed by atoms with Gasteiger partial charge >= 0.3 is 0 Å². The Morgan fingerprint density at radius 3 is 2.62 bits per heavy atom. The van der Waals surface area contributed by atoms with Crippen LogP contribution in [0.4, 0.5) is 0 Å². The molecule has 0 saturated heterocycles. The van der Waals surface area contributed by atoms with E-state index in [0.717, 1.165) is 37.9 Å². The molecular weight excluding hydrogens is 182 g/mol. The molecule has 0 radical (unpaired) electrons. The summed E-state index contributed by atoms with van der Waals surface area (Å²) in [6.45, 7) is 7.05. The summed E-state index contributed by atoms with van der Waals surface area (Å²) >= 11 is 1.93. The highest BCUT2D eigenvalue weighted by molar-refractivity contribution is 7.99. The van der Waals surface area contributed by atoms with Crippen molar-refractivity contribution in [3.8, 4) is 0 Å². The van der Waals surface area contributed by atoms with Gasteiger partial charge in [-0.05, 0) is 31.1 Å². The summed E-state index contributed by atoms with van der Waals surface area (Å²) in [4.78, 5) is 0. The molecule has 80 valence electrons. The van der Waals surface area contributed by atoms with Gasteiger partial charge in [-0.25, -0.2) is 0 Å². The molecule has 0 bridgehead atoms. The van der Waals surface area contributed by atoms with E-state index in [2.05, 4.69) is 13.8 Å². The topological polar surface area (TPSA) is 35.2 Å². The van der Waals surface area contributed by atoms with Gasteiger partial charge in [-0.15, -0.1) is 0 Å². The van der Waals surface area contributed by atoms with E-state index in [4.69, 9.17) is 10.5 Å². The number of thioether (sulfide) groups is 1. The minimum absolute atomic E-state index is 0.755. The van der Waals surface area contributed by atoms with Crippen LogP contribution in [0.5, 0.6) is 0 Å². The summed E-state index contributed by atoms with van der Waals surface area (Å²) in [6, 6.07) is 0. The maximum atomic E-state index is 5.47. The third kappa shape index (κ3) is 12.3. The molecule has 2 nitrogen and oxygen atoms in total. The van der Waals surface area contributed by atoms with Crippen LogP contribution in [-0.4, -0.2) is 31.3 Å². The van der Waals surface area contributed by atoms with E-state index in [1.54, 1.807) is 0 Å². The number of rotatable bonds is 9.